The number of benzene rings is 1. The summed E-state index contributed by atoms with van der Waals surface area (Å²) in [5.74, 6) is -0.962. The highest BCUT2D eigenvalue weighted by molar-refractivity contribution is 5.73. The highest BCUT2D eigenvalue weighted by Gasteiger charge is 2.51. The lowest BCUT2D eigenvalue weighted by Gasteiger charge is -2.19. The van der Waals surface area contributed by atoms with Gasteiger partial charge in [0.05, 0.1) is 5.92 Å². The van der Waals surface area contributed by atoms with E-state index in [0.717, 1.165) is 12.8 Å². The van der Waals surface area contributed by atoms with Gasteiger partial charge < -0.3 is 5.11 Å². The number of hydrogen-bond acceptors (Lipinski definition) is 1. The minimum Gasteiger partial charge on any atom is -0.481 e. The standard InChI is InChI=1S/C12H14O2/c1-9(11(13)14)12(7-8-12)10-5-3-2-4-6-10/h2-6,9H,7-8H2,1H3,(H,13,14). The van der Waals surface area contributed by atoms with Gasteiger partial charge in [0, 0.05) is 5.41 Å². The molecule has 0 aromatic heterocycles. The van der Waals surface area contributed by atoms with E-state index in [-0.39, 0.29) is 11.3 Å². The average Bonchev–Trinajstić information content (AvgIpc) is 2.99. The molecule has 1 aromatic carbocycles. The predicted octanol–water partition coefficient (Wildman–Crippen LogP) is 2.44. The molecule has 0 heterocycles. The first kappa shape index (κ1) is 9.25. The summed E-state index contributed by atoms with van der Waals surface area (Å²) in [6.45, 7) is 1.81. The van der Waals surface area contributed by atoms with Crippen molar-refractivity contribution in [2.45, 2.75) is 25.2 Å². The maximum atomic E-state index is 11.0. The smallest absolute Gasteiger partial charge is 0.307 e. The summed E-state index contributed by atoms with van der Waals surface area (Å²) in [6, 6.07) is 9.98. The van der Waals surface area contributed by atoms with Gasteiger partial charge in [-0.05, 0) is 18.4 Å². The van der Waals surface area contributed by atoms with E-state index >= 15 is 0 Å². The third-order valence-corrected chi connectivity index (χ3v) is 3.34. The van der Waals surface area contributed by atoms with Crippen LogP contribution in [0.1, 0.15) is 25.3 Å². The minimum atomic E-state index is -0.689. The predicted molar refractivity (Wildman–Crippen MR) is 54.2 cm³/mol. The number of hydrogen-bond donors (Lipinski definition) is 1. The van der Waals surface area contributed by atoms with Crippen molar-refractivity contribution in [2.75, 3.05) is 0 Å². The summed E-state index contributed by atoms with van der Waals surface area (Å²) in [7, 11) is 0. The molecule has 1 saturated carbocycles. The Morgan fingerprint density at radius 2 is 1.93 bits per heavy atom. The third-order valence-electron chi connectivity index (χ3n) is 3.34. The molecule has 14 heavy (non-hydrogen) atoms. The van der Waals surface area contributed by atoms with E-state index in [9.17, 15) is 4.79 Å². The lowest BCUT2D eigenvalue weighted by atomic mass is 9.84. The molecule has 1 atom stereocenters. The van der Waals surface area contributed by atoms with Crippen LogP contribution in [0.3, 0.4) is 0 Å². The molecule has 0 radical (unpaired) electrons. The normalized spacial score (nSPS) is 20.1. The molecule has 1 aromatic rings. The Bertz CT molecular complexity index is 339. The summed E-state index contributed by atoms with van der Waals surface area (Å²) in [5.41, 5.74) is 1.10. The van der Waals surface area contributed by atoms with Crippen LogP contribution in [0.15, 0.2) is 30.3 Å². The summed E-state index contributed by atoms with van der Waals surface area (Å²) in [5, 5.41) is 9.02. The minimum absolute atomic E-state index is 0.0763. The van der Waals surface area contributed by atoms with Gasteiger partial charge in [0.1, 0.15) is 0 Å². The zero-order valence-electron chi connectivity index (χ0n) is 8.23. The molecule has 0 spiro atoms. The Morgan fingerprint density at radius 3 is 2.36 bits per heavy atom. The first-order chi connectivity index (χ1) is 6.67. The van der Waals surface area contributed by atoms with E-state index in [1.165, 1.54) is 5.56 Å². The van der Waals surface area contributed by atoms with Gasteiger partial charge in [-0.2, -0.15) is 0 Å². The fourth-order valence-electron chi connectivity index (χ4n) is 2.11. The van der Waals surface area contributed by atoms with Gasteiger partial charge in [0.25, 0.3) is 0 Å². The molecule has 1 N–H and O–H groups in total. The lowest BCUT2D eigenvalue weighted by molar-refractivity contribution is -0.142. The molecule has 2 nitrogen and oxygen atoms in total. The second kappa shape index (κ2) is 3.12. The molecule has 1 aliphatic carbocycles. The zero-order chi connectivity index (χ0) is 10.2. The third kappa shape index (κ3) is 1.31. The number of rotatable bonds is 3. The van der Waals surface area contributed by atoms with Crippen molar-refractivity contribution in [3.63, 3.8) is 0 Å². The fraction of sp³-hybridized carbons (Fsp3) is 0.417. The van der Waals surface area contributed by atoms with Crippen molar-refractivity contribution >= 4 is 5.97 Å². The molecule has 2 rings (SSSR count). The van der Waals surface area contributed by atoms with Crippen LogP contribution >= 0.6 is 0 Å². The van der Waals surface area contributed by atoms with Gasteiger partial charge in [-0.3, -0.25) is 4.79 Å². The van der Waals surface area contributed by atoms with E-state index < -0.39 is 5.97 Å². The van der Waals surface area contributed by atoms with Crippen LogP contribution in [0, 0.1) is 5.92 Å². The maximum Gasteiger partial charge on any atom is 0.307 e. The van der Waals surface area contributed by atoms with E-state index in [1.54, 1.807) is 0 Å². The van der Waals surface area contributed by atoms with Crippen LogP contribution in [0.25, 0.3) is 0 Å². The first-order valence-corrected chi connectivity index (χ1v) is 4.95. The second-order valence-electron chi connectivity index (χ2n) is 4.08. The number of carboxylic acids is 1. The van der Waals surface area contributed by atoms with E-state index in [4.69, 9.17) is 5.11 Å². The Morgan fingerprint density at radius 1 is 1.36 bits per heavy atom. The Balaban J connectivity index is 2.30. The summed E-state index contributed by atoms with van der Waals surface area (Å²) in [4.78, 5) is 11.0. The Labute approximate surface area is 83.6 Å². The molecule has 0 aliphatic heterocycles. The van der Waals surface area contributed by atoms with Crippen molar-refractivity contribution in [3.05, 3.63) is 35.9 Å². The highest BCUT2D eigenvalue weighted by atomic mass is 16.4. The van der Waals surface area contributed by atoms with Gasteiger partial charge in [-0.1, -0.05) is 37.3 Å². The first-order valence-electron chi connectivity index (χ1n) is 4.95. The quantitative estimate of drug-likeness (QED) is 0.794. The summed E-state index contributed by atoms with van der Waals surface area (Å²) in [6.07, 6.45) is 2.01. The number of carboxylic acid groups (broad SMARTS) is 1. The monoisotopic (exact) mass is 190 g/mol. The van der Waals surface area contributed by atoms with Crippen molar-refractivity contribution in [3.8, 4) is 0 Å². The average molecular weight is 190 g/mol. The zero-order valence-corrected chi connectivity index (χ0v) is 8.23. The molecule has 0 amide bonds. The molecule has 0 bridgehead atoms. The largest absolute Gasteiger partial charge is 0.481 e. The maximum absolute atomic E-state index is 11.0. The second-order valence-corrected chi connectivity index (χ2v) is 4.08. The van der Waals surface area contributed by atoms with E-state index in [1.807, 2.05) is 37.3 Å². The van der Waals surface area contributed by atoms with Gasteiger partial charge >= 0.3 is 5.97 Å². The molecular weight excluding hydrogens is 176 g/mol. The summed E-state index contributed by atoms with van der Waals surface area (Å²) < 4.78 is 0. The molecule has 0 saturated heterocycles. The van der Waals surface area contributed by atoms with Gasteiger partial charge in [0.2, 0.25) is 0 Å². The molecular formula is C12H14O2. The SMILES string of the molecule is CC(C(=O)O)C1(c2ccccc2)CC1. The van der Waals surface area contributed by atoms with Crippen molar-refractivity contribution < 1.29 is 9.90 Å². The Kier molecular flexibility index (Phi) is 2.06. The van der Waals surface area contributed by atoms with E-state index in [0.29, 0.717) is 0 Å². The number of carbonyl (C=O) groups is 1. The highest BCUT2D eigenvalue weighted by Crippen LogP contribution is 2.53. The van der Waals surface area contributed by atoms with Crippen molar-refractivity contribution in [2.24, 2.45) is 5.92 Å². The molecule has 2 heteroatoms. The summed E-state index contributed by atoms with van der Waals surface area (Å²) >= 11 is 0. The van der Waals surface area contributed by atoms with Crippen LogP contribution in [0.2, 0.25) is 0 Å². The number of aliphatic carboxylic acids is 1. The van der Waals surface area contributed by atoms with Crippen LogP contribution in [0.5, 0.6) is 0 Å². The molecule has 1 fully saturated rings. The van der Waals surface area contributed by atoms with Gasteiger partial charge in [-0.25, -0.2) is 0 Å². The van der Waals surface area contributed by atoms with E-state index in [2.05, 4.69) is 0 Å². The molecule has 74 valence electrons. The topological polar surface area (TPSA) is 37.3 Å². The fourth-order valence-corrected chi connectivity index (χ4v) is 2.11. The van der Waals surface area contributed by atoms with Crippen LogP contribution in [0.4, 0.5) is 0 Å². The molecule has 1 unspecified atom stereocenters. The molecule has 1 aliphatic rings. The van der Waals surface area contributed by atoms with Crippen molar-refractivity contribution in [1.29, 1.82) is 0 Å². The Hall–Kier alpha value is -1.31. The lowest BCUT2D eigenvalue weighted by Crippen LogP contribution is -2.25. The van der Waals surface area contributed by atoms with Crippen LogP contribution in [-0.4, -0.2) is 11.1 Å². The van der Waals surface area contributed by atoms with Gasteiger partial charge in [0.15, 0.2) is 0 Å². The van der Waals surface area contributed by atoms with Crippen molar-refractivity contribution in [1.82, 2.24) is 0 Å². The van der Waals surface area contributed by atoms with Crippen LogP contribution < -0.4 is 0 Å². The van der Waals surface area contributed by atoms with Gasteiger partial charge in [-0.15, -0.1) is 0 Å². The van der Waals surface area contributed by atoms with Crippen LogP contribution in [-0.2, 0) is 10.2 Å².